The first-order valence-electron chi connectivity index (χ1n) is 5.07. The molecule has 0 radical (unpaired) electrons. The van der Waals surface area contributed by atoms with E-state index >= 15 is 0 Å². The van der Waals surface area contributed by atoms with Crippen LogP contribution in [0.2, 0.25) is 0 Å². The van der Waals surface area contributed by atoms with E-state index in [4.69, 9.17) is 4.74 Å². The molecule has 3 nitrogen and oxygen atoms in total. The first-order valence-corrected chi connectivity index (χ1v) is 5.07. The second-order valence-electron chi connectivity index (χ2n) is 3.51. The highest BCUT2D eigenvalue weighted by atomic mass is 19.3. The van der Waals surface area contributed by atoms with Gasteiger partial charge in [-0.1, -0.05) is 18.2 Å². The number of aromatic hydroxyl groups is 1. The summed E-state index contributed by atoms with van der Waals surface area (Å²) in [5.41, 5.74) is 0.781. The van der Waals surface area contributed by atoms with Crippen molar-refractivity contribution in [2.24, 2.45) is 0 Å². The molecule has 2 rings (SSSR count). The van der Waals surface area contributed by atoms with E-state index < -0.39 is 0 Å². The topological polar surface area (TPSA) is 38.7 Å². The summed E-state index contributed by atoms with van der Waals surface area (Å²) in [6, 6.07) is 13.0. The van der Waals surface area contributed by atoms with E-state index in [-0.39, 0.29) is 18.1 Å². The van der Waals surface area contributed by atoms with Crippen LogP contribution < -0.4 is 9.68 Å². The zero-order valence-electron chi connectivity index (χ0n) is 8.97. The molecule has 0 aliphatic carbocycles. The van der Waals surface area contributed by atoms with Crippen LogP contribution in [0.25, 0.3) is 0 Å². The molecule has 88 valence electrons. The van der Waals surface area contributed by atoms with Gasteiger partial charge in [0.2, 0.25) is 0 Å². The molecule has 0 saturated heterocycles. The van der Waals surface area contributed by atoms with Gasteiger partial charge in [-0.25, -0.2) is 0 Å². The van der Waals surface area contributed by atoms with Crippen LogP contribution in [0, 0.1) is 0 Å². The summed E-state index contributed by atoms with van der Waals surface area (Å²) < 4.78 is 17.4. The van der Waals surface area contributed by atoms with E-state index in [9.17, 15) is 9.63 Å². The van der Waals surface area contributed by atoms with Gasteiger partial charge < -0.3 is 9.84 Å². The van der Waals surface area contributed by atoms with Crippen LogP contribution in [-0.2, 0) is 6.61 Å². The number of hydrogen-bond donors (Lipinski definition) is 1. The number of rotatable bonds is 4. The maximum absolute atomic E-state index is 11.9. The third kappa shape index (κ3) is 3.11. The third-order valence-electron chi connectivity index (χ3n) is 2.21. The van der Waals surface area contributed by atoms with Crippen molar-refractivity contribution >= 4 is 0 Å². The Kier molecular flexibility index (Phi) is 3.45. The van der Waals surface area contributed by atoms with Gasteiger partial charge in [-0.2, -0.15) is 0 Å². The minimum Gasteiger partial charge on any atom is -0.508 e. The first-order chi connectivity index (χ1) is 8.28. The SMILES string of the molecule is Oc1cccc(OCc2cccc(OF)c2)c1. The maximum Gasteiger partial charge on any atom is 0.172 e. The Morgan fingerprint density at radius 1 is 1.00 bits per heavy atom. The van der Waals surface area contributed by atoms with Gasteiger partial charge in [0.1, 0.15) is 18.1 Å². The zero-order valence-corrected chi connectivity index (χ0v) is 8.97. The summed E-state index contributed by atoms with van der Waals surface area (Å²) in [4.78, 5) is 3.63. The molecule has 0 saturated carbocycles. The van der Waals surface area contributed by atoms with E-state index in [1.807, 2.05) is 0 Å². The lowest BCUT2D eigenvalue weighted by Crippen LogP contribution is -1.95. The summed E-state index contributed by atoms with van der Waals surface area (Å²) in [6.07, 6.45) is 0. The molecule has 0 atom stereocenters. The zero-order chi connectivity index (χ0) is 12.1. The molecule has 0 spiro atoms. The Bertz CT molecular complexity index is 500. The highest BCUT2D eigenvalue weighted by Gasteiger charge is 1.99. The van der Waals surface area contributed by atoms with Crippen LogP contribution in [0.3, 0.4) is 0 Å². The lowest BCUT2D eigenvalue weighted by atomic mass is 10.2. The smallest absolute Gasteiger partial charge is 0.172 e. The van der Waals surface area contributed by atoms with Gasteiger partial charge >= 0.3 is 0 Å². The lowest BCUT2D eigenvalue weighted by Gasteiger charge is -2.06. The van der Waals surface area contributed by atoms with Crippen molar-refractivity contribution in [2.45, 2.75) is 6.61 Å². The second kappa shape index (κ2) is 5.21. The average Bonchev–Trinajstić information content (AvgIpc) is 2.37. The number of phenolic OH excluding ortho intramolecular Hbond substituents is 1. The summed E-state index contributed by atoms with van der Waals surface area (Å²) in [6.45, 7) is 0.278. The standard InChI is InChI=1S/C13H11FO3/c14-17-13-6-1-3-10(7-13)9-16-12-5-2-4-11(15)8-12/h1-8,15H,9H2. The van der Waals surface area contributed by atoms with Gasteiger partial charge in [0.15, 0.2) is 5.75 Å². The average molecular weight is 234 g/mol. The molecule has 17 heavy (non-hydrogen) atoms. The monoisotopic (exact) mass is 234 g/mol. The van der Waals surface area contributed by atoms with Gasteiger partial charge in [-0.15, -0.1) is 0 Å². The van der Waals surface area contributed by atoms with Crippen LogP contribution in [0.1, 0.15) is 5.56 Å². The van der Waals surface area contributed by atoms with Crippen LogP contribution in [-0.4, -0.2) is 5.11 Å². The fourth-order valence-electron chi connectivity index (χ4n) is 1.42. The summed E-state index contributed by atoms with van der Waals surface area (Å²) in [7, 11) is 0. The summed E-state index contributed by atoms with van der Waals surface area (Å²) >= 11 is 0. The molecule has 0 bridgehead atoms. The Labute approximate surface area is 97.9 Å². The van der Waals surface area contributed by atoms with Gasteiger partial charge in [0.25, 0.3) is 0 Å². The minimum absolute atomic E-state index is 0.141. The predicted octanol–water partition coefficient (Wildman–Crippen LogP) is 3.23. The van der Waals surface area contributed by atoms with Crippen molar-refractivity contribution in [3.05, 3.63) is 54.1 Å². The van der Waals surface area contributed by atoms with Crippen LogP contribution in [0.4, 0.5) is 4.53 Å². The van der Waals surface area contributed by atoms with E-state index in [0.29, 0.717) is 5.75 Å². The molecule has 0 unspecified atom stereocenters. The van der Waals surface area contributed by atoms with Crippen molar-refractivity contribution in [3.8, 4) is 17.2 Å². The molecule has 4 heteroatoms. The molecule has 1 N–H and O–H groups in total. The minimum atomic E-state index is 0.141. The molecule has 0 amide bonds. The summed E-state index contributed by atoms with van der Waals surface area (Å²) in [5, 5.41) is 9.24. The molecule has 0 aliphatic heterocycles. The van der Waals surface area contributed by atoms with E-state index in [2.05, 4.69) is 4.94 Å². The molecule has 2 aromatic rings. The Balaban J connectivity index is 2.02. The quantitative estimate of drug-likeness (QED) is 0.882. The molecule has 2 aromatic carbocycles. The maximum atomic E-state index is 11.9. The van der Waals surface area contributed by atoms with Gasteiger partial charge in [-0.05, 0) is 29.8 Å². The van der Waals surface area contributed by atoms with E-state index in [0.717, 1.165) is 5.56 Å². The second-order valence-corrected chi connectivity index (χ2v) is 3.51. The van der Waals surface area contributed by atoms with Crippen LogP contribution >= 0.6 is 0 Å². The normalized spacial score (nSPS) is 9.94. The van der Waals surface area contributed by atoms with Gasteiger partial charge in [0, 0.05) is 10.6 Å². The van der Waals surface area contributed by atoms with E-state index in [1.54, 1.807) is 36.4 Å². The molecule has 0 heterocycles. The summed E-state index contributed by atoms with van der Waals surface area (Å²) in [5.74, 6) is 0.835. The van der Waals surface area contributed by atoms with Crippen molar-refractivity contribution in [2.75, 3.05) is 0 Å². The lowest BCUT2D eigenvalue weighted by molar-refractivity contribution is -0.00636. The van der Waals surface area contributed by atoms with Crippen LogP contribution in [0.15, 0.2) is 48.5 Å². The predicted molar refractivity (Wildman–Crippen MR) is 60.6 cm³/mol. The van der Waals surface area contributed by atoms with Crippen molar-refractivity contribution in [1.29, 1.82) is 0 Å². The van der Waals surface area contributed by atoms with Gasteiger partial charge in [0.05, 0.1) is 0 Å². The molecular weight excluding hydrogens is 223 g/mol. The van der Waals surface area contributed by atoms with Crippen molar-refractivity contribution in [3.63, 3.8) is 0 Å². The Morgan fingerprint density at radius 3 is 2.53 bits per heavy atom. The van der Waals surface area contributed by atoms with Crippen LogP contribution in [0.5, 0.6) is 17.2 Å². The first kappa shape index (κ1) is 11.3. The highest BCUT2D eigenvalue weighted by molar-refractivity contribution is 5.32. The van der Waals surface area contributed by atoms with Crippen molar-refractivity contribution < 1.29 is 19.3 Å². The Hall–Kier alpha value is -2.23. The number of benzene rings is 2. The largest absolute Gasteiger partial charge is 0.508 e. The third-order valence-corrected chi connectivity index (χ3v) is 2.21. The number of halogens is 1. The van der Waals surface area contributed by atoms with Crippen molar-refractivity contribution in [1.82, 2.24) is 0 Å². The Morgan fingerprint density at radius 2 is 1.76 bits per heavy atom. The molecule has 0 fully saturated rings. The number of hydrogen-bond acceptors (Lipinski definition) is 3. The van der Waals surface area contributed by atoms with Gasteiger partial charge in [-0.3, -0.25) is 4.94 Å². The number of ether oxygens (including phenoxy) is 1. The molecular formula is C13H11FO3. The highest BCUT2D eigenvalue weighted by Crippen LogP contribution is 2.20. The van der Waals surface area contributed by atoms with E-state index in [1.165, 1.54) is 12.1 Å². The number of phenols is 1. The molecule has 0 aromatic heterocycles. The molecule has 0 aliphatic rings. The fraction of sp³-hybridized carbons (Fsp3) is 0.0769. The fourth-order valence-corrected chi connectivity index (χ4v) is 1.42.